The molecule has 3 rings (SSSR count). The second-order valence-corrected chi connectivity index (χ2v) is 5.65. The number of anilines is 2. The fourth-order valence-corrected chi connectivity index (χ4v) is 2.84. The van der Waals surface area contributed by atoms with Crippen molar-refractivity contribution in [3.63, 3.8) is 0 Å². The van der Waals surface area contributed by atoms with Crippen LogP contribution in [-0.4, -0.2) is 42.3 Å². The first-order valence-corrected chi connectivity index (χ1v) is 7.88. The molecule has 6 heteroatoms. The number of para-hydroxylation sites is 1. The molecular weight excluding hydrogens is 290 g/mol. The van der Waals surface area contributed by atoms with Gasteiger partial charge in [-0.05, 0) is 37.1 Å². The minimum atomic E-state index is -0.225. The Hall–Kier alpha value is -2.63. The lowest BCUT2D eigenvalue weighted by Gasteiger charge is -2.35. The van der Waals surface area contributed by atoms with Crippen LogP contribution >= 0.6 is 0 Å². The van der Waals surface area contributed by atoms with Crippen molar-refractivity contribution >= 4 is 17.4 Å². The van der Waals surface area contributed by atoms with E-state index in [0.29, 0.717) is 17.6 Å². The topological polar surface area (TPSA) is 70.2 Å². The van der Waals surface area contributed by atoms with E-state index in [1.54, 1.807) is 19.2 Å². The lowest BCUT2D eigenvalue weighted by Crippen LogP contribution is -2.42. The molecule has 2 N–H and O–H groups in total. The lowest BCUT2D eigenvalue weighted by molar-refractivity contribution is 0.0957. The van der Waals surface area contributed by atoms with Crippen molar-refractivity contribution in [2.45, 2.75) is 18.9 Å². The maximum atomic E-state index is 11.5. The zero-order valence-corrected chi connectivity index (χ0v) is 13.2. The maximum Gasteiger partial charge on any atom is 0.271 e. The number of nitrogens with one attached hydrogen (secondary N) is 2. The zero-order valence-electron chi connectivity index (χ0n) is 13.2. The number of amides is 1. The SMILES string of the molecule is CNC(=O)c1ccc(NC2CCCN(c3ccccc3)C2)nn1. The van der Waals surface area contributed by atoms with E-state index >= 15 is 0 Å². The van der Waals surface area contributed by atoms with E-state index in [-0.39, 0.29) is 5.91 Å². The summed E-state index contributed by atoms with van der Waals surface area (Å²) in [7, 11) is 1.58. The molecule has 0 spiro atoms. The molecule has 1 atom stereocenters. The number of carbonyl (C=O) groups excluding carboxylic acids is 1. The summed E-state index contributed by atoms with van der Waals surface area (Å²) in [5.74, 6) is 0.481. The number of carbonyl (C=O) groups is 1. The molecular formula is C17H21N5O. The summed E-state index contributed by atoms with van der Waals surface area (Å²) >= 11 is 0. The van der Waals surface area contributed by atoms with Gasteiger partial charge in [0, 0.05) is 31.9 Å². The maximum absolute atomic E-state index is 11.5. The predicted octanol–water partition coefficient (Wildman–Crippen LogP) is 1.92. The highest BCUT2D eigenvalue weighted by Crippen LogP contribution is 2.21. The molecule has 0 saturated carbocycles. The van der Waals surface area contributed by atoms with Crippen LogP contribution in [0.25, 0.3) is 0 Å². The van der Waals surface area contributed by atoms with Gasteiger partial charge in [-0.25, -0.2) is 0 Å². The molecule has 0 bridgehead atoms. The highest BCUT2D eigenvalue weighted by Gasteiger charge is 2.20. The van der Waals surface area contributed by atoms with Gasteiger partial charge >= 0.3 is 0 Å². The molecule has 0 aliphatic carbocycles. The van der Waals surface area contributed by atoms with Gasteiger partial charge < -0.3 is 15.5 Å². The first kappa shape index (κ1) is 15.3. The average molecular weight is 311 g/mol. The van der Waals surface area contributed by atoms with Crippen LogP contribution in [-0.2, 0) is 0 Å². The second-order valence-electron chi connectivity index (χ2n) is 5.65. The van der Waals surface area contributed by atoms with E-state index in [1.165, 1.54) is 5.69 Å². The second kappa shape index (κ2) is 7.09. The van der Waals surface area contributed by atoms with Crippen molar-refractivity contribution in [2.75, 3.05) is 30.4 Å². The van der Waals surface area contributed by atoms with Crippen LogP contribution in [0, 0.1) is 0 Å². The number of benzene rings is 1. The smallest absolute Gasteiger partial charge is 0.271 e. The number of nitrogens with zero attached hydrogens (tertiary/aromatic N) is 3. The van der Waals surface area contributed by atoms with Gasteiger partial charge in [0.1, 0.15) is 5.82 Å². The van der Waals surface area contributed by atoms with Crippen LogP contribution in [0.5, 0.6) is 0 Å². The molecule has 1 fully saturated rings. The van der Waals surface area contributed by atoms with Gasteiger partial charge in [0.25, 0.3) is 5.91 Å². The molecule has 1 aliphatic heterocycles. The molecule has 0 radical (unpaired) electrons. The summed E-state index contributed by atoms with van der Waals surface area (Å²) in [6.45, 7) is 2.01. The minimum Gasteiger partial charge on any atom is -0.369 e. The van der Waals surface area contributed by atoms with E-state index in [0.717, 1.165) is 25.9 Å². The Bertz CT molecular complexity index is 644. The van der Waals surface area contributed by atoms with Gasteiger partial charge in [-0.15, -0.1) is 10.2 Å². The van der Waals surface area contributed by atoms with Gasteiger partial charge in [0.2, 0.25) is 0 Å². The quantitative estimate of drug-likeness (QED) is 0.903. The largest absolute Gasteiger partial charge is 0.369 e. The van der Waals surface area contributed by atoms with Crippen LogP contribution in [0.2, 0.25) is 0 Å². The molecule has 23 heavy (non-hydrogen) atoms. The number of hydrogen-bond acceptors (Lipinski definition) is 5. The highest BCUT2D eigenvalue weighted by atomic mass is 16.1. The summed E-state index contributed by atoms with van der Waals surface area (Å²) in [5, 5.41) is 14.0. The molecule has 120 valence electrons. The number of piperidine rings is 1. The van der Waals surface area contributed by atoms with E-state index in [2.05, 4.69) is 50.0 Å². The molecule has 1 saturated heterocycles. The number of aromatic nitrogens is 2. The van der Waals surface area contributed by atoms with Gasteiger partial charge in [0.15, 0.2) is 5.69 Å². The molecule has 6 nitrogen and oxygen atoms in total. The van der Waals surface area contributed by atoms with Crippen LogP contribution in [0.3, 0.4) is 0 Å². The van der Waals surface area contributed by atoms with Gasteiger partial charge in [0.05, 0.1) is 0 Å². The predicted molar refractivity (Wildman–Crippen MR) is 90.7 cm³/mol. The van der Waals surface area contributed by atoms with Crippen molar-refractivity contribution in [3.8, 4) is 0 Å². The van der Waals surface area contributed by atoms with Gasteiger partial charge in [-0.1, -0.05) is 18.2 Å². The van der Waals surface area contributed by atoms with Crippen molar-refractivity contribution in [2.24, 2.45) is 0 Å². The van der Waals surface area contributed by atoms with Crippen LogP contribution < -0.4 is 15.5 Å². The molecule has 2 heterocycles. The fraction of sp³-hybridized carbons (Fsp3) is 0.353. The molecule has 1 unspecified atom stereocenters. The fourth-order valence-electron chi connectivity index (χ4n) is 2.84. The third-order valence-corrected chi connectivity index (χ3v) is 4.02. The summed E-state index contributed by atoms with van der Waals surface area (Å²) in [6.07, 6.45) is 2.23. The van der Waals surface area contributed by atoms with Crippen LogP contribution in [0.4, 0.5) is 11.5 Å². The van der Waals surface area contributed by atoms with Crippen LogP contribution in [0.15, 0.2) is 42.5 Å². The summed E-state index contributed by atoms with van der Waals surface area (Å²) in [5.41, 5.74) is 1.58. The summed E-state index contributed by atoms with van der Waals surface area (Å²) in [6, 6.07) is 14.3. The van der Waals surface area contributed by atoms with Gasteiger partial charge in [-0.2, -0.15) is 0 Å². The molecule has 1 aromatic heterocycles. The molecule has 1 amide bonds. The van der Waals surface area contributed by atoms with E-state index in [9.17, 15) is 4.79 Å². The van der Waals surface area contributed by atoms with Crippen LogP contribution in [0.1, 0.15) is 23.3 Å². The van der Waals surface area contributed by atoms with E-state index in [4.69, 9.17) is 0 Å². The Morgan fingerprint density at radius 3 is 2.70 bits per heavy atom. The van der Waals surface area contributed by atoms with Crippen molar-refractivity contribution < 1.29 is 4.79 Å². The Kier molecular flexibility index (Phi) is 4.71. The Labute approximate surface area is 135 Å². The molecule has 2 aromatic rings. The summed E-state index contributed by atoms with van der Waals surface area (Å²) < 4.78 is 0. The Morgan fingerprint density at radius 1 is 1.17 bits per heavy atom. The highest BCUT2D eigenvalue weighted by molar-refractivity contribution is 5.91. The first-order chi connectivity index (χ1) is 11.3. The molecule has 1 aromatic carbocycles. The third kappa shape index (κ3) is 3.77. The monoisotopic (exact) mass is 311 g/mol. The Balaban J connectivity index is 1.62. The third-order valence-electron chi connectivity index (χ3n) is 4.02. The van der Waals surface area contributed by atoms with Crippen molar-refractivity contribution in [1.29, 1.82) is 0 Å². The van der Waals surface area contributed by atoms with Crippen molar-refractivity contribution in [1.82, 2.24) is 15.5 Å². The molecule has 1 aliphatic rings. The average Bonchev–Trinajstić information content (AvgIpc) is 2.63. The lowest BCUT2D eigenvalue weighted by atomic mass is 10.0. The van der Waals surface area contributed by atoms with Crippen molar-refractivity contribution in [3.05, 3.63) is 48.2 Å². The van der Waals surface area contributed by atoms with E-state index in [1.807, 2.05) is 6.07 Å². The minimum absolute atomic E-state index is 0.225. The summed E-state index contributed by atoms with van der Waals surface area (Å²) in [4.78, 5) is 13.9. The number of rotatable bonds is 4. The number of hydrogen-bond donors (Lipinski definition) is 2. The first-order valence-electron chi connectivity index (χ1n) is 7.88. The van der Waals surface area contributed by atoms with Gasteiger partial charge in [-0.3, -0.25) is 4.79 Å². The standard InChI is InChI=1S/C17H21N5O/c1-18-17(23)15-9-10-16(21-20-15)19-13-6-5-11-22(12-13)14-7-3-2-4-8-14/h2-4,7-10,13H,5-6,11-12H2,1H3,(H,18,23)(H,19,21). The van der Waals surface area contributed by atoms with E-state index < -0.39 is 0 Å². The normalized spacial score (nSPS) is 17.6. The zero-order chi connectivity index (χ0) is 16.1. The Morgan fingerprint density at radius 2 is 2.00 bits per heavy atom.